The number of carbonyl (C=O) groups is 1. The van der Waals surface area contributed by atoms with Crippen molar-refractivity contribution in [2.75, 3.05) is 34.3 Å². The summed E-state index contributed by atoms with van der Waals surface area (Å²) in [6, 6.07) is 12.3. The number of nitrogens with one attached hydrogen (secondary N) is 2. The predicted octanol–water partition coefficient (Wildman–Crippen LogP) is 3.90. The van der Waals surface area contributed by atoms with Crippen molar-refractivity contribution in [1.82, 2.24) is 15.5 Å². The number of hydrogen-bond acceptors (Lipinski definition) is 5. The fourth-order valence-electron chi connectivity index (χ4n) is 3.89. The van der Waals surface area contributed by atoms with Crippen LogP contribution in [0.3, 0.4) is 0 Å². The fraction of sp³-hybridized carbons (Fsp3) is 0.455. The van der Waals surface area contributed by atoms with Crippen LogP contribution in [0.2, 0.25) is 0 Å². The number of aliphatic imine (C=N–C) groups is 1. The van der Waals surface area contributed by atoms with Crippen LogP contribution in [0.1, 0.15) is 39.7 Å². The largest absolute Gasteiger partial charge is 0.465 e. The van der Waals surface area contributed by atoms with Gasteiger partial charge in [0.05, 0.1) is 12.7 Å². The number of benzene rings is 1. The number of carbonyl (C=O) groups excluding carboxylic acids is 1. The third kappa shape index (κ3) is 6.42. The van der Waals surface area contributed by atoms with E-state index in [9.17, 15) is 4.79 Å². The number of halogens is 1. The van der Waals surface area contributed by atoms with Gasteiger partial charge in [0, 0.05) is 31.1 Å². The topological polar surface area (TPSA) is 66.0 Å². The Bertz CT molecular complexity index is 811. The first-order valence-corrected chi connectivity index (χ1v) is 10.9. The number of hydrogen-bond donors (Lipinski definition) is 2. The van der Waals surface area contributed by atoms with Gasteiger partial charge in [-0.1, -0.05) is 18.2 Å². The van der Waals surface area contributed by atoms with Crippen molar-refractivity contribution in [3.05, 3.63) is 57.8 Å². The second kappa shape index (κ2) is 12.3. The van der Waals surface area contributed by atoms with E-state index in [1.165, 1.54) is 24.8 Å². The Morgan fingerprint density at radius 1 is 1.27 bits per heavy atom. The lowest BCUT2D eigenvalue weighted by atomic mass is 9.88. The molecule has 8 heteroatoms. The van der Waals surface area contributed by atoms with Gasteiger partial charge >= 0.3 is 5.97 Å². The standard InChI is InChI=1S/C22H30N4O2S.HI/c1-23-22(24-14-16-8-10-17(11-9-16)21(27)28-3)25-15-18-6-4-12-26(2)20(18)19-7-5-13-29-19;/h5,7-11,13,18,20H,4,6,12,14-15H2,1-3H3,(H2,23,24,25);1H. The summed E-state index contributed by atoms with van der Waals surface area (Å²) in [4.78, 5) is 19.8. The molecule has 0 radical (unpaired) electrons. The monoisotopic (exact) mass is 542 g/mol. The summed E-state index contributed by atoms with van der Waals surface area (Å²) >= 11 is 1.84. The number of ether oxygens (including phenoxy) is 1. The van der Waals surface area contributed by atoms with Crippen LogP contribution in [-0.2, 0) is 11.3 Å². The molecule has 1 saturated heterocycles. The highest BCUT2D eigenvalue weighted by Crippen LogP contribution is 2.36. The zero-order valence-corrected chi connectivity index (χ0v) is 20.9. The molecule has 0 spiro atoms. The van der Waals surface area contributed by atoms with E-state index >= 15 is 0 Å². The molecule has 3 rings (SSSR count). The van der Waals surface area contributed by atoms with Crippen LogP contribution in [0, 0.1) is 5.92 Å². The Labute approximate surface area is 200 Å². The Morgan fingerprint density at radius 2 is 2.03 bits per heavy atom. The van der Waals surface area contributed by atoms with Gasteiger partial charge in [0.25, 0.3) is 0 Å². The predicted molar refractivity (Wildman–Crippen MR) is 134 cm³/mol. The van der Waals surface area contributed by atoms with Crippen molar-refractivity contribution in [3.8, 4) is 0 Å². The number of thiophene rings is 1. The van der Waals surface area contributed by atoms with Crippen molar-refractivity contribution in [2.24, 2.45) is 10.9 Å². The van der Waals surface area contributed by atoms with Gasteiger partial charge < -0.3 is 15.4 Å². The lowest BCUT2D eigenvalue weighted by Gasteiger charge is -2.39. The third-order valence-corrected chi connectivity index (χ3v) is 6.38. The molecule has 0 amide bonds. The first kappa shape index (κ1) is 24.6. The molecule has 1 aromatic heterocycles. The van der Waals surface area contributed by atoms with Gasteiger partial charge in [-0.15, -0.1) is 35.3 Å². The summed E-state index contributed by atoms with van der Waals surface area (Å²) in [5.41, 5.74) is 1.63. The van der Waals surface area contributed by atoms with Crippen molar-refractivity contribution < 1.29 is 9.53 Å². The van der Waals surface area contributed by atoms with Crippen molar-refractivity contribution in [2.45, 2.75) is 25.4 Å². The minimum absolute atomic E-state index is 0. The van der Waals surface area contributed by atoms with Gasteiger partial charge in [0.15, 0.2) is 5.96 Å². The quantitative estimate of drug-likeness (QED) is 0.251. The molecule has 164 valence electrons. The van der Waals surface area contributed by atoms with E-state index in [2.05, 4.69) is 45.1 Å². The number of nitrogens with zero attached hydrogens (tertiary/aromatic N) is 2. The Morgan fingerprint density at radius 3 is 2.67 bits per heavy atom. The smallest absolute Gasteiger partial charge is 0.337 e. The van der Waals surface area contributed by atoms with Crippen LogP contribution in [-0.4, -0.2) is 51.1 Å². The summed E-state index contributed by atoms with van der Waals surface area (Å²) in [6.45, 7) is 2.67. The molecule has 0 bridgehead atoms. The molecule has 1 aromatic carbocycles. The van der Waals surface area contributed by atoms with Crippen LogP contribution in [0.25, 0.3) is 0 Å². The van der Waals surface area contributed by atoms with Gasteiger partial charge in [0.1, 0.15) is 0 Å². The van der Waals surface area contributed by atoms with Crippen LogP contribution >= 0.6 is 35.3 Å². The zero-order chi connectivity index (χ0) is 20.6. The summed E-state index contributed by atoms with van der Waals surface area (Å²) in [5.74, 6) is 1.02. The number of likely N-dealkylation sites (tertiary alicyclic amines) is 1. The molecule has 2 aromatic rings. The van der Waals surface area contributed by atoms with Gasteiger partial charge in [-0.2, -0.15) is 0 Å². The Hall–Kier alpha value is -1.65. The van der Waals surface area contributed by atoms with Crippen LogP contribution in [0.4, 0.5) is 0 Å². The number of esters is 1. The third-order valence-electron chi connectivity index (χ3n) is 5.43. The van der Waals surface area contributed by atoms with E-state index in [1.807, 2.05) is 23.5 Å². The van der Waals surface area contributed by atoms with Crippen molar-refractivity contribution >= 4 is 47.2 Å². The van der Waals surface area contributed by atoms with E-state index in [-0.39, 0.29) is 29.9 Å². The van der Waals surface area contributed by atoms with Crippen LogP contribution in [0.5, 0.6) is 0 Å². The maximum atomic E-state index is 11.5. The van der Waals surface area contributed by atoms with Crippen molar-refractivity contribution in [3.63, 3.8) is 0 Å². The van der Waals surface area contributed by atoms with E-state index < -0.39 is 0 Å². The minimum atomic E-state index is -0.320. The number of piperidine rings is 1. The normalized spacial score (nSPS) is 19.6. The van der Waals surface area contributed by atoms with Crippen molar-refractivity contribution in [1.29, 1.82) is 0 Å². The molecule has 1 aliphatic rings. The summed E-state index contributed by atoms with van der Waals surface area (Å²) < 4.78 is 4.74. The van der Waals surface area contributed by atoms with Gasteiger partial charge in [-0.25, -0.2) is 4.79 Å². The second-order valence-electron chi connectivity index (χ2n) is 7.34. The zero-order valence-electron chi connectivity index (χ0n) is 17.8. The molecule has 0 aliphatic carbocycles. The Kier molecular flexibility index (Phi) is 10.1. The maximum Gasteiger partial charge on any atom is 0.337 e. The van der Waals surface area contributed by atoms with E-state index in [0.29, 0.717) is 24.1 Å². The van der Waals surface area contributed by atoms with E-state index in [1.54, 1.807) is 19.2 Å². The van der Waals surface area contributed by atoms with Crippen LogP contribution < -0.4 is 10.6 Å². The fourth-order valence-corrected chi connectivity index (χ4v) is 4.88. The van der Waals surface area contributed by atoms with E-state index in [4.69, 9.17) is 4.74 Å². The summed E-state index contributed by atoms with van der Waals surface area (Å²) in [7, 11) is 5.40. The van der Waals surface area contributed by atoms with Gasteiger partial charge in [0.2, 0.25) is 0 Å². The average molecular weight is 542 g/mol. The lowest BCUT2D eigenvalue weighted by Crippen LogP contribution is -2.44. The molecular formula is C22H31IN4O2S. The molecule has 2 N–H and O–H groups in total. The van der Waals surface area contributed by atoms with Gasteiger partial charge in [-0.05, 0) is 61.5 Å². The summed E-state index contributed by atoms with van der Waals surface area (Å²) in [6.07, 6.45) is 2.44. The molecular weight excluding hydrogens is 511 g/mol. The van der Waals surface area contributed by atoms with E-state index in [0.717, 1.165) is 24.6 Å². The highest BCUT2D eigenvalue weighted by Gasteiger charge is 2.31. The molecule has 1 fully saturated rings. The highest BCUT2D eigenvalue weighted by atomic mass is 127. The summed E-state index contributed by atoms with van der Waals surface area (Å²) in [5, 5.41) is 9.02. The lowest BCUT2D eigenvalue weighted by molar-refractivity contribution is 0.0600. The molecule has 0 saturated carbocycles. The molecule has 2 atom stereocenters. The maximum absolute atomic E-state index is 11.5. The molecule has 2 unspecified atom stereocenters. The molecule has 1 aliphatic heterocycles. The number of rotatable bonds is 6. The molecule has 2 heterocycles. The minimum Gasteiger partial charge on any atom is -0.465 e. The first-order chi connectivity index (χ1) is 14.1. The average Bonchev–Trinajstić information content (AvgIpc) is 3.28. The molecule has 30 heavy (non-hydrogen) atoms. The molecule has 6 nitrogen and oxygen atoms in total. The number of methoxy groups -OCH3 is 1. The highest BCUT2D eigenvalue weighted by molar-refractivity contribution is 14.0. The number of guanidine groups is 1. The SMILES string of the molecule is CN=C(NCc1ccc(C(=O)OC)cc1)NCC1CCCN(C)C1c1cccs1.I. The van der Waals surface area contributed by atoms with Crippen LogP contribution in [0.15, 0.2) is 46.8 Å². The second-order valence-corrected chi connectivity index (χ2v) is 8.32. The Balaban J connectivity index is 0.00000320. The van der Waals surface area contributed by atoms with Gasteiger partial charge in [-0.3, -0.25) is 9.89 Å². The first-order valence-electron chi connectivity index (χ1n) is 9.97.